The zero-order valence-electron chi connectivity index (χ0n) is 34.6. The molecule has 3 N–H and O–H groups in total. The fraction of sp³-hybridized carbons (Fsp3) is 0.412. The Balaban J connectivity index is 1.08. The van der Waals surface area contributed by atoms with Crippen molar-refractivity contribution in [2.24, 2.45) is 5.73 Å². The summed E-state index contributed by atoms with van der Waals surface area (Å²) in [6.45, 7) is 12.0. The van der Waals surface area contributed by atoms with Gasteiger partial charge in [-0.1, -0.05) is 106 Å². The molecule has 0 atom stereocenters. The molecule has 0 saturated carbocycles. The smallest absolute Gasteiger partial charge is 0.219 e. The largest absolute Gasteiger partial charge is 0.356 e. The Morgan fingerprint density at radius 2 is 1.46 bits per heavy atom. The maximum atomic E-state index is 12.5. The van der Waals surface area contributed by atoms with E-state index in [1.807, 2.05) is 0 Å². The van der Waals surface area contributed by atoms with Crippen molar-refractivity contribution >= 4 is 44.5 Å². The van der Waals surface area contributed by atoms with Crippen LogP contribution in [0.1, 0.15) is 109 Å². The zero-order valence-corrected chi connectivity index (χ0v) is 34.6. The van der Waals surface area contributed by atoms with Crippen LogP contribution in [-0.2, 0) is 15.6 Å². The highest BCUT2D eigenvalue weighted by molar-refractivity contribution is 6.07. The number of carbonyl (C=O) groups is 1. The molecule has 7 rings (SSSR count). The van der Waals surface area contributed by atoms with Gasteiger partial charge in [0.15, 0.2) is 5.71 Å². The second-order valence-corrected chi connectivity index (χ2v) is 17.3. The molecule has 292 valence electrons. The Labute approximate surface area is 335 Å². The van der Waals surface area contributed by atoms with Gasteiger partial charge in [-0.2, -0.15) is 4.58 Å². The lowest BCUT2D eigenvalue weighted by Crippen LogP contribution is -2.27. The molecule has 0 bridgehead atoms. The van der Waals surface area contributed by atoms with Gasteiger partial charge in [0.1, 0.15) is 7.05 Å². The van der Waals surface area contributed by atoms with E-state index >= 15 is 0 Å². The molecular formula is C51H63N4O+. The Kier molecular flexibility index (Phi) is 12.1. The van der Waals surface area contributed by atoms with Crippen molar-refractivity contribution in [2.45, 2.75) is 109 Å². The highest BCUT2D eigenvalue weighted by atomic mass is 16.1. The van der Waals surface area contributed by atoms with Crippen molar-refractivity contribution in [3.05, 3.63) is 131 Å². The number of carbonyl (C=O) groups excluding carboxylic acids is 1. The van der Waals surface area contributed by atoms with Crippen molar-refractivity contribution < 1.29 is 9.37 Å². The highest BCUT2D eigenvalue weighted by Crippen LogP contribution is 2.51. The number of rotatable bonds is 15. The lowest BCUT2D eigenvalue weighted by molar-refractivity contribution is -0.401. The predicted octanol–water partition coefficient (Wildman–Crippen LogP) is 11.5. The van der Waals surface area contributed by atoms with Gasteiger partial charge >= 0.3 is 0 Å². The molecule has 0 fully saturated rings. The molecule has 4 aromatic carbocycles. The highest BCUT2D eigenvalue weighted by Gasteiger charge is 2.44. The Hall–Kier alpha value is -4.74. The number of allylic oxidation sites excluding steroid dienone is 8. The number of unbranched alkanes of at least 4 members (excludes halogenated alkanes) is 5. The number of benzene rings is 4. The number of nitrogens with two attached hydrogens (primary N) is 1. The lowest BCUT2D eigenvalue weighted by atomic mass is 9.79. The van der Waals surface area contributed by atoms with Crippen LogP contribution in [0.25, 0.3) is 21.5 Å². The number of fused-ring (bicyclic) bond motifs is 6. The van der Waals surface area contributed by atoms with E-state index in [2.05, 4.69) is 153 Å². The molecule has 4 aromatic rings. The van der Waals surface area contributed by atoms with Crippen LogP contribution >= 0.6 is 0 Å². The third-order valence-electron chi connectivity index (χ3n) is 12.6. The summed E-state index contributed by atoms with van der Waals surface area (Å²) in [4.78, 5) is 15.1. The van der Waals surface area contributed by atoms with Gasteiger partial charge in [0.25, 0.3) is 0 Å². The first-order valence-corrected chi connectivity index (χ1v) is 21.3. The Bertz CT molecular complexity index is 2250. The second kappa shape index (κ2) is 17.2. The molecule has 2 aliphatic heterocycles. The van der Waals surface area contributed by atoms with E-state index in [0.29, 0.717) is 6.42 Å². The minimum atomic E-state index is -0.146. The van der Waals surface area contributed by atoms with Crippen LogP contribution < -0.4 is 16.0 Å². The molecule has 3 aliphatic rings. The SMILES string of the molecule is C[N+]1=C(C=CC2=CC(=CC=C3N(CCCCCC(=O)NCCCCCCN)c4ccc5ccccc5c4C3(C)C)CCC2)C(C)(C)c2c1ccc1ccccc21. The van der Waals surface area contributed by atoms with Crippen LogP contribution in [-0.4, -0.2) is 42.9 Å². The van der Waals surface area contributed by atoms with E-state index < -0.39 is 0 Å². The monoisotopic (exact) mass is 747 g/mol. The van der Waals surface area contributed by atoms with Gasteiger partial charge in [0, 0.05) is 54.0 Å². The number of nitrogens with zero attached hydrogens (tertiary/aromatic N) is 2. The quantitative estimate of drug-likeness (QED) is 0.0940. The van der Waals surface area contributed by atoms with Gasteiger partial charge in [-0.25, -0.2) is 0 Å². The lowest BCUT2D eigenvalue weighted by Gasteiger charge is -2.27. The van der Waals surface area contributed by atoms with Crippen LogP contribution in [0.15, 0.2) is 120 Å². The summed E-state index contributed by atoms with van der Waals surface area (Å²) >= 11 is 0. The van der Waals surface area contributed by atoms with Crippen LogP contribution in [0.4, 0.5) is 11.4 Å². The fourth-order valence-corrected chi connectivity index (χ4v) is 9.66. The van der Waals surface area contributed by atoms with Crippen molar-refractivity contribution in [1.29, 1.82) is 0 Å². The summed E-state index contributed by atoms with van der Waals surface area (Å²) in [5.41, 5.74) is 16.3. The Morgan fingerprint density at radius 3 is 2.23 bits per heavy atom. The molecule has 0 radical (unpaired) electrons. The van der Waals surface area contributed by atoms with Gasteiger partial charge in [-0.3, -0.25) is 4.79 Å². The van der Waals surface area contributed by atoms with Crippen molar-refractivity contribution in [2.75, 3.05) is 31.6 Å². The third-order valence-corrected chi connectivity index (χ3v) is 12.6. The van der Waals surface area contributed by atoms with Crippen LogP contribution in [0.5, 0.6) is 0 Å². The average molecular weight is 748 g/mol. The number of anilines is 1. The summed E-state index contributed by atoms with van der Waals surface area (Å²) in [5, 5.41) is 8.41. The molecule has 5 nitrogen and oxygen atoms in total. The van der Waals surface area contributed by atoms with Gasteiger partial charge < -0.3 is 16.0 Å². The minimum Gasteiger partial charge on any atom is -0.356 e. The predicted molar refractivity (Wildman–Crippen MR) is 238 cm³/mol. The second-order valence-electron chi connectivity index (χ2n) is 17.3. The summed E-state index contributed by atoms with van der Waals surface area (Å²) in [6, 6.07) is 26.8. The average Bonchev–Trinajstić information content (AvgIpc) is 3.54. The van der Waals surface area contributed by atoms with Crippen LogP contribution in [0.3, 0.4) is 0 Å². The van der Waals surface area contributed by atoms with E-state index in [9.17, 15) is 4.79 Å². The van der Waals surface area contributed by atoms with Crippen molar-refractivity contribution in [1.82, 2.24) is 5.32 Å². The maximum Gasteiger partial charge on any atom is 0.219 e. The van der Waals surface area contributed by atoms with Crippen molar-refractivity contribution in [3.63, 3.8) is 0 Å². The maximum absolute atomic E-state index is 12.5. The van der Waals surface area contributed by atoms with E-state index in [1.165, 1.54) is 66.6 Å². The third kappa shape index (κ3) is 8.07. The number of hydrogen-bond acceptors (Lipinski definition) is 3. The molecule has 0 unspecified atom stereocenters. The van der Waals surface area contributed by atoms with E-state index in [-0.39, 0.29) is 16.7 Å². The number of amides is 1. The van der Waals surface area contributed by atoms with Gasteiger partial charge in [0.2, 0.25) is 11.6 Å². The Morgan fingerprint density at radius 1 is 0.768 bits per heavy atom. The molecule has 2 heterocycles. The van der Waals surface area contributed by atoms with Crippen LogP contribution in [0.2, 0.25) is 0 Å². The molecule has 0 spiro atoms. The van der Waals surface area contributed by atoms with Gasteiger partial charge in [-0.15, -0.1) is 0 Å². The first-order chi connectivity index (χ1) is 27.1. The topological polar surface area (TPSA) is 61.4 Å². The minimum absolute atomic E-state index is 0.0901. The molecular weight excluding hydrogens is 685 g/mol. The van der Waals surface area contributed by atoms with E-state index in [1.54, 1.807) is 0 Å². The molecule has 5 heteroatoms. The summed E-state index contributed by atoms with van der Waals surface area (Å²) < 4.78 is 2.39. The number of hydrogen-bond donors (Lipinski definition) is 2. The fourth-order valence-electron chi connectivity index (χ4n) is 9.66. The number of nitrogens with one attached hydrogen (secondary N) is 1. The van der Waals surface area contributed by atoms with Crippen molar-refractivity contribution in [3.8, 4) is 0 Å². The zero-order chi connectivity index (χ0) is 39.3. The first-order valence-electron chi connectivity index (χ1n) is 21.3. The summed E-state index contributed by atoms with van der Waals surface area (Å²) in [5.74, 6) is 0.182. The molecule has 1 aliphatic carbocycles. The summed E-state index contributed by atoms with van der Waals surface area (Å²) in [6.07, 6.45) is 23.3. The van der Waals surface area contributed by atoms with Crippen LogP contribution in [0, 0.1) is 0 Å². The first kappa shape index (κ1) is 39.5. The van der Waals surface area contributed by atoms with Gasteiger partial charge in [-0.05, 0) is 122 Å². The molecule has 1 amide bonds. The van der Waals surface area contributed by atoms with E-state index in [4.69, 9.17) is 5.73 Å². The summed E-state index contributed by atoms with van der Waals surface area (Å²) in [7, 11) is 2.22. The molecule has 0 saturated heterocycles. The normalized spacial score (nSPS) is 18.8. The van der Waals surface area contributed by atoms with Gasteiger partial charge in [0.05, 0.1) is 5.41 Å². The molecule has 0 aromatic heterocycles. The van der Waals surface area contributed by atoms with E-state index in [0.717, 1.165) is 83.8 Å². The standard InChI is InChI=1S/C51H62N4O/c1-50(2)45(54(5)43-29-27-39-20-10-12-22-41(39)48(43)50)31-25-37-18-17-19-38(36-37)26-32-46-51(3,4)49-42-23-13-11-21-40(42)28-30-44(49)55(46)35-16-8-9-24-47(56)53-34-15-7-6-14-33-52/h10-13,20-23,25-32,36H,6-9,14-19,24,33-35,52H2,1-5H3/p+1. The molecule has 56 heavy (non-hydrogen) atoms.